The Morgan fingerprint density at radius 3 is 2.68 bits per heavy atom. The van der Waals surface area contributed by atoms with E-state index in [1.807, 2.05) is 37.3 Å². The molecule has 3 aromatic heterocycles. The molecule has 0 fully saturated rings. The van der Waals surface area contributed by atoms with E-state index in [2.05, 4.69) is 15.1 Å². The number of nitrogens with zero attached hydrogens (tertiary/aromatic N) is 4. The smallest absolute Gasteiger partial charge is 0.219 e. The minimum Gasteiger partial charge on any atom is -0.493 e. The fraction of sp³-hybridized carbons (Fsp3) is 0.0625. The maximum absolute atomic E-state index is 9.83. The third-order valence-corrected chi connectivity index (χ3v) is 3.55. The van der Waals surface area contributed by atoms with Gasteiger partial charge in [-0.1, -0.05) is 18.2 Å². The van der Waals surface area contributed by atoms with Crippen molar-refractivity contribution < 1.29 is 10.2 Å². The maximum atomic E-state index is 9.83. The van der Waals surface area contributed by atoms with Gasteiger partial charge in [-0.05, 0) is 24.6 Å². The molecule has 1 aromatic carbocycles. The van der Waals surface area contributed by atoms with Gasteiger partial charge in [0.15, 0.2) is 5.65 Å². The summed E-state index contributed by atoms with van der Waals surface area (Å²) in [5, 5.41) is 24.7. The van der Waals surface area contributed by atoms with Crippen molar-refractivity contribution in [2.45, 2.75) is 6.92 Å². The zero-order valence-electron chi connectivity index (χ0n) is 11.7. The van der Waals surface area contributed by atoms with E-state index in [-0.39, 0.29) is 11.8 Å². The van der Waals surface area contributed by atoms with Crippen molar-refractivity contribution in [1.82, 2.24) is 19.6 Å². The molecule has 4 aromatic rings. The number of fused-ring (bicyclic) bond motifs is 2. The fourth-order valence-electron chi connectivity index (χ4n) is 2.54. The van der Waals surface area contributed by atoms with Gasteiger partial charge in [-0.15, -0.1) is 0 Å². The molecule has 0 bridgehead atoms. The summed E-state index contributed by atoms with van der Waals surface area (Å²) in [6, 6.07) is 12.7. The van der Waals surface area contributed by atoms with Crippen molar-refractivity contribution in [3.05, 3.63) is 48.0 Å². The van der Waals surface area contributed by atoms with Crippen LogP contribution in [0.5, 0.6) is 11.8 Å². The largest absolute Gasteiger partial charge is 0.493 e. The van der Waals surface area contributed by atoms with Crippen LogP contribution in [0.1, 0.15) is 5.56 Å². The molecule has 0 amide bonds. The lowest BCUT2D eigenvalue weighted by molar-refractivity contribution is 0.413. The number of aromatic nitrogens is 4. The molecule has 0 atom stereocenters. The van der Waals surface area contributed by atoms with Crippen LogP contribution in [0.25, 0.3) is 27.9 Å². The van der Waals surface area contributed by atoms with Gasteiger partial charge in [0.2, 0.25) is 11.8 Å². The van der Waals surface area contributed by atoms with Crippen molar-refractivity contribution in [2.75, 3.05) is 0 Å². The summed E-state index contributed by atoms with van der Waals surface area (Å²) >= 11 is 0. The van der Waals surface area contributed by atoms with Crippen LogP contribution in [0.3, 0.4) is 0 Å². The van der Waals surface area contributed by atoms with E-state index < -0.39 is 0 Å². The van der Waals surface area contributed by atoms with Gasteiger partial charge < -0.3 is 10.2 Å². The average Bonchev–Trinajstić information content (AvgIpc) is 2.90. The van der Waals surface area contributed by atoms with Gasteiger partial charge in [0, 0.05) is 11.5 Å². The van der Waals surface area contributed by atoms with E-state index >= 15 is 0 Å². The molecule has 0 aliphatic carbocycles. The lowest BCUT2D eigenvalue weighted by Gasteiger charge is -2.04. The Kier molecular flexibility index (Phi) is 2.53. The Morgan fingerprint density at radius 1 is 1.00 bits per heavy atom. The van der Waals surface area contributed by atoms with Crippen LogP contribution in [0.15, 0.2) is 42.5 Å². The summed E-state index contributed by atoms with van der Waals surface area (Å²) < 4.78 is 1.27. The van der Waals surface area contributed by atoms with Gasteiger partial charge in [-0.25, -0.2) is 4.98 Å². The van der Waals surface area contributed by atoms with Gasteiger partial charge in [-0.3, -0.25) is 0 Å². The monoisotopic (exact) mass is 292 g/mol. The highest BCUT2D eigenvalue weighted by Crippen LogP contribution is 2.27. The number of aryl methyl sites for hydroxylation is 1. The van der Waals surface area contributed by atoms with Gasteiger partial charge in [0.05, 0.1) is 17.3 Å². The second-order valence-electron chi connectivity index (χ2n) is 5.12. The first-order chi connectivity index (χ1) is 10.6. The van der Waals surface area contributed by atoms with Crippen molar-refractivity contribution in [2.24, 2.45) is 0 Å². The minimum absolute atomic E-state index is 0.174. The van der Waals surface area contributed by atoms with E-state index in [1.54, 1.807) is 6.07 Å². The molecular weight excluding hydrogens is 280 g/mol. The summed E-state index contributed by atoms with van der Waals surface area (Å²) in [5.41, 5.74) is 3.53. The molecule has 0 aliphatic rings. The SMILES string of the molecule is Cc1cc2ccccc2nc1-c1cc2nc(O)cc(O)n2n1. The zero-order chi connectivity index (χ0) is 15.3. The topological polar surface area (TPSA) is 83.5 Å². The van der Waals surface area contributed by atoms with Crippen LogP contribution in [0.2, 0.25) is 0 Å². The molecule has 0 saturated heterocycles. The van der Waals surface area contributed by atoms with Gasteiger partial charge >= 0.3 is 0 Å². The number of para-hydroxylation sites is 1. The molecule has 6 nitrogen and oxygen atoms in total. The standard InChI is InChI=1S/C16H12N4O2/c1-9-6-10-4-2-3-5-11(10)17-16(9)12-7-13-18-14(21)8-15(22)20(13)19-12/h2-8,22H,1H3,(H,18,21). The average molecular weight is 292 g/mol. The molecule has 0 saturated carbocycles. The third kappa shape index (κ3) is 1.85. The lowest BCUT2D eigenvalue weighted by atomic mass is 10.1. The molecule has 22 heavy (non-hydrogen) atoms. The highest BCUT2D eigenvalue weighted by Gasteiger charge is 2.13. The van der Waals surface area contributed by atoms with Crippen LogP contribution in [-0.4, -0.2) is 29.8 Å². The van der Waals surface area contributed by atoms with Gasteiger partial charge in [-0.2, -0.15) is 14.6 Å². The molecule has 6 heteroatoms. The number of pyridine rings is 1. The van der Waals surface area contributed by atoms with E-state index in [1.165, 1.54) is 4.52 Å². The summed E-state index contributed by atoms with van der Waals surface area (Å²) in [7, 11) is 0. The molecule has 0 aliphatic heterocycles. The fourth-order valence-corrected chi connectivity index (χ4v) is 2.54. The molecule has 0 spiro atoms. The quantitative estimate of drug-likeness (QED) is 0.563. The first kappa shape index (κ1) is 12.6. The Morgan fingerprint density at radius 2 is 1.82 bits per heavy atom. The van der Waals surface area contributed by atoms with Crippen LogP contribution in [0, 0.1) is 6.92 Å². The lowest BCUT2D eigenvalue weighted by Crippen LogP contribution is -1.93. The first-order valence-electron chi connectivity index (χ1n) is 6.77. The molecule has 3 heterocycles. The molecule has 2 N–H and O–H groups in total. The molecule has 0 radical (unpaired) electrons. The molecule has 0 unspecified atom stereocenters. The summed E-state index contributed by atoms with van der Waals surface area (Å²) in [6.07, 6.45) is 0. The Balaban J connectivity index is 1.98. The number of aromatic hydroxyl groups is 2. The second kappa shape index (κ2) is 4.42. The second-order valence-corrected chi connectivity index (χ2v) is 5.12. The number of hydrogen-bond donors (Lipinski definition) is 2. The van der Waals surface area contributed by atoms with E-state index in [0.717, 1.165) is 28.2 Å². The van der Waals surface area contributed by atoms with Crippen molar-refractivity contribution in [3.8, 4) is 23.1 Å². The minimum atomic E-state index is -0.250. The molecule has 108 valence electrons. The highest BCUT2D eigenvalue weighted by molar-refractivity contribution is 5.83. The Hall–Kier alpha value is -3.15. The molecule has 4 rings (SSSR count). The van der Waals surface area contributed by atoms with Crippen LogP contribution >= 0.6 is 0 Å². The van der Waals surface area contributed by atoms with E-state index in [0.29, 0.717) is 11.3 Å². The normalized spacial score (nSPS) is 11.3. The van der Waals surface area contributed by atoms with Gasteiger partial charge in [0.1, 0.15) is 5.69 Å². The zero-order valence-corrected chi connectivity index (χ0v) is 11.7. The number of rotatable bonds is 1. The Labute approximate surface area is 125 Å². The predicted molar refractivity (Wildman–Crippen MR) is 81.8 cm³/mol. The van der Waals surface area contributed by atoms with Crippen molar-refractivity contribution in [1.29, 1.82) is 0 Å². The number of benzene rings is 1. The summed E-state index contributed by atoms with van der Waals surface area (Å²) in [4.78, 5) is 8.59. The van der Waals surface area contributed by atoms with Crippen molar-refractivity contribution in [3.63, 3.8) is 0 Å². The third-order valence-electron chi connectivity index (χ3n) is 3.55. The van der Waals surface area contributed by atoms with E-state index in [9.17, 15) is 10.2 Å². The molecular formula is C16H12N4O2. The predicted octanol–water partition coefficient (Wildman–Crippen LogP) is 2.66. The maximum Gasteiger partial charge on any atom is 0.219 e. The van der Waals surface area contributed by atoms with Crippen LogP contribution in [0.4, 0.5) is 0 Å². The van der Waals surface area contributed by atoms with Gasteiger partial charge in [0.25, 0.3) is 0 Å². The number of hydrogen-bond acceptors (Lipinski definition) is 5. The van der Waals surface area contributed by atoms with Crippen LogP contribution < -0.4 is 0 Å². The van der Waals surface area contributed by atoms with Crippen LogP contribution in [-0.2, 0) is 0 Å². The van der Waals surface area contributed by atoms with Crippen molar-refractivity contribution >= 4 is 16.6 Å². The summed E-state index contributed by atoms with van der Waals surface area (Å²) in [5.74, 6) is -0.424. The van der Waals surface area contributed by atoms with E-state index in [4.69, 9.17) is 0 Å². The Bertz CT molecular complexity index is 1020. The summed E-state index contributed by atoms with van der Waals surface area (Å²) in [6.45, 7) is 1.96. The first-order valence-corrected chi connectivity index (χ1v) is 6.77. The highest BCUT2D eigenvalue weighted by atomic mass is 16.3.